The quantitative estimate of drug-likeness (QED) is 0.674. The van der Waals surface area contributed by atoms with Crippen LogP contribution in [0.4, 0.5) is 0 Å². The first-order chi connectivity index (χ1) is 16.5. The number of allylic oxidation sites excluding steroid dienone is 4. The summed E-state index contributed by atoms with van der Waals surface area (Å²) < 4.78 is 5.34. The highest BCUT2D eigenvalue weighted by Crippen LogP contribution is 2.43. The number of amides is 2. The average molecular weight is 463 g/mol. The first-order valence-corrected chi connectivity index (χ1v) is 12.4. The maximum Gasteiger partial charge on any atom is 0.251 e. The van der Waals surface area contributed by atoms with Gasteiger partial charge in [0.25, 0.3) is 5.91 Å². The Morgan fingerprint density at radius 2 is 1.91 bits per heavy atom. The molecule has 1 aromatic rings. The molecule has 1 fully saturated rings. The first kappa shape index (κ1) is 22.7. The Kier molecular flexibility index (Phi) is 6.19. The van der Waals surface area contributed by atoms with Gasteiger partial charge in [0.15, 0.2) is 0 Å². The maximum atomic E-state index is 13.6. The fourth-order valence-electron chi connectivity index (χ4n) is 5.87. The van der Waals surface area contributed by atoms with Crippen molar-refractivity contribution in [1.29, 1.82) is 0 Å². The number of nitrogens with zero attached hydrogens (tertiary/aromatic N) is 4. The smallest absolute Gasteiger partial charge is 0.251 e. The lowest BCUT2D eigenvalue weighted by Crippen LogP contribution is -2.56. The van der Waals surface area contributed by atoms with Crippen LogP contribution >= 0.6 is 0 Å². The summed E-state index contributed by atoms with van der Waals surface area (Å²) >= 11 is 0. The molecular formula is C27H34N4O3. The van der Waals surface area contributed by atoms with Gasteiger partial charge in [-0.2, -0.15) is 5.10 Å². The average Bonchev–Trinajstić information content (AvgIpc) is 3.28. The summed E-state index contributed by atoms with van der Waals surface area (Å²) in [6, 6.07) is 7.63. The van der Waals surface area contributed by atoms with E-state index in [1.54, 1.807) is 7.11 Å². The Balaban J connectivity index is 1.28. The lowest BCUT2D eigenvalue weighted by molar-refractivity contribution is -0.148. The van der Waals surface area contributed by atoms with Crippen molar-refractivity contribution >= 4 is 17.5 Å². The fourth-order valence-corrected chi connectivity index (χ4v) is 5.87. The van der Waals surface area contributed by atoms with E-state index in [1.165, 1.54) is 16.3 Å². The summed E-state index contributed by atoms with van der Waals surface area (Å²) in [5.41, 5.74) is 4.57. The van der Waals surface area contributed by atoms with Crippen molar-refractivity contribution in [2.75, 3.05) is 33.3 Å². The van der Waals surface area contributed by atoms with Gasteiger partial charge < -0.3 is 14.5 Å². The van der Waals surface area contributed by atoms with E-state index in [0.717, 1.165) is 49.4 Å². The van der Waals surface area contributed by atoms with Gasteiger partial charge in [0.2, 0.25) is 5.91 Å². The highest BCUT2D eigenvalue weighted by molar-refractivity contribution is 6.01. The molecule has 180 valence electrons. The maximum absolute atomic E-state index is 13.6. The molecule has 0 bridgehead atoms. The minimum absolute atomic E-state index is 0.0102. The summed E-state index contributed by atoms with van der Waals surface area (Å²) in [7, 11) is 1.71. The van der Waals surface area contributed by atoms with Crippen LogP contribution in [0.5, 0.6) is 0 Å². The van der Waals surface area contributed by atoms with Crippen LogP contribution in [-0.2, 0) is 20.7 Å². The Labute approximate surface area is 201 Å². The Hall–Kier alpha value is -3.09. The number of piperazine rings is 1. The van der Waals surface area contributed by atoms with Crippen LogP contribution < -0.4 is 0 Å². The highest BCUT2D eigenvalue weighted by atomic mass is 16.5. The molecule has 5 rings (SSSR count). The molecule has 1 aromatic carbocycles. The minimum Gasteiger partial charge on any atom is -0.501 e. The second-order valence-electron chi connectivity index (χ2n) is 9.64. The third kappa shape index (κ3) is 3.91. The van der Waals surface area contributed by atoms with E-state index < -0.39 is 6.04 Å². The number of fused-ring (bicyclic) bond motifs is 3. The summed E-state index contributed by atoms with van der Waals surface area (Å²) in [5, 5.41) is 6.20. The van der Waals surface area contributed by atoms with Crippen molar-refractivity contribution in [3.8, 4) is 0 Å². The molecule has 0 spiro atoms. The molecule has 2 aliphatic carbocycles. The second kappa shape index (κ2) is 9.28. The van der Waals surface area contributed by atoms with Crippen LogP contribution in [0.1, 0.15) is 50.2 Å². The number of hydrogen-bond acceptors (Lipinski definition) is 5. The zero-order valence-corrected chi connectivity index (χ0v) is 20.4. The van der Waals surface area contributed by atoms with Gasteiger partial charge in [-0.3, -0.25) is 9.59 Å². The summed E-state index contributed by atoms with van der Waals surface area (Å²) in [4.78, 5) is 31.5. The predicted molar refractivity (Wildman–Crippen MR) is 131 cm³/mol. The largest absolute Gasteiger partial charge is 0.501 e. The number of hydrazone groups is 1. The van der Waals surface area contributed by atoms with Gasteiger partial charge in [-0.05, 0) is 49.5 Å². The van der Waals surface area contributed by atoms with E-state index in [9.17, 15) is 9.59 Å². The fraction of sp³-hybridized carbons (Fsp3) is 0.519. The van der Waals surface area contributed by atoms with Crippen LogP contribution in [-0.4, -0.2) is 71.7 Å². The standard InChI is InChI=1S/C27H34N4O3/c1-4-24(26(32)30-15-13-29(14-16-30)20-9-11-21(34-3)12-10-20)31-27(33)25-22-8-6-5-7-19(22)17-23(25)18(2)28-31/h5-9,11,23-25H,4,10,12-17H2,1-3H3. The van der Waals surface area contributed by atoms with Crippen LogP contribution in [0.25, 0.3) is 0 Å². The van der Waals surface area contributed by atoms with E-state index in [4.69, 9.17) is 9.84 Å². The number of carbonyl (C=O) groups excluding carboxylic acids is 2. The van der Waals surface area contributed by atoms with Crippen LogP contribution in [0.3, 0.4) is 0 Å². The van der Waals surface area contributed by atoms with Gasteiger partial charge >= 0.3 is 0 Å². The number of methoxy groups -OCH3 is 1. The van der Waals surface area contributed by atoms with Crippen molar-refractivity contribution in [2.24, 2.45) is 11.0 Å². The third-order valence-corrected chi connectivity index (χ3v) is 7.84. The SMILES string of the molecule is CCC(C(=O)N1CCN(C2=CC=C(OC)CC2)CC1)N1N=C(C)C2Cc3ccccc3C2C1=O. The van der Waals surface area contributed by atoms with Crippen LogP contribution in [0.2, 0.25) is 0 Å². The normalized spacial score (nSPS) is 25.2. The van der Waals surface area contributed by atoms with E-state index >= 15 is 0 Å². The monoisotopic (exact) mass is 462 g/mol. The molecule has 1 saturated heterocycles. The zero-order chi connectivity index (χ0) is 23.8. The molecular weight excluding hydrogens is 428 g/mol. The van der Waals surface area contributed by atoms with Gasteiger partial charge in [0.05, 0.1) is 18.8 Å². The number of ether oxygens (including phenoxy) is 1. The molecule has 7 nitrogen and oxygen atoms in total. The number of hydrogen-bond donors (Lipinski definition) is 0. The second-order valence-corrected chi connectivity index (χ2v) is 9.64. The van der Waals surface area contributed by atoms with Crippen molar-refractivity contribution in [2.45, 2.75) is 51.5 Å². The van der Waals surface area contributed by atoms with Gasteiger partial charge in [0.1, 0.15) is 6.04 Å². The van der Waals surface area contributed by atoms with Crippen molar-refractivity contribution < 1.29 is 14.3 Å². The lowest BCUT2D eigenvalue weighted by Gasteiger charge is -2.41. The van der Waals surface area contributed by atoms with Crippen molar-refractivity contribution in [3.05, 3.63) is 59.0 Å². The topological polar surface area (TPSA) is 65.5 Å². The molecule has 0 aromatic heterocycles. The summed E-state index contributed by atoms with van der Waals surface area (Å²) in [6.07, 6.45) is 7.45. The van der Waals surface area contributed by atoms with Crippen LogP contribution in [0.15, 0.2) is 53.0 Å². The molecule has 3 unspecified atom stereocenters. The summed E-state index contributed by atoms with van der Waals surface area (Å²) in [5.74, 6) is 0.866. The highest BCUT2D eigenvalue weighted by Gasteiger charge is 2.47. The first-order valence-electron chi connectivity index (χ1n) is 12.4. The minimum atomic E-state index is -0.552. The molecule has 4 aliphatic rings. The van der Waals surface area contributed by atoms with E-state index in [2.05, 4.69) is 23.1 Å². The number of benzene rings is 1. The summed E-state index contributed by atoms with van der Waals surface area (Å²) in [6.45, 7) is 6.90. The molecule has 2 amide bonds. The van der Waals surface area contributed by atoms with E-state index in [0.29, 0.717) is 19.5 Å². The Morgan fingerprint density at radius 1 is 1.15 bits per heavy atom. The molecule has 2 aliphatic heterocycles. The van der Waals surface area contributed by atoms with Crippen LogP contribution in [0, 0.1) is 5.92 Å². The van der Waals surface area contributed by atoms with Gasteiger partial charge in [-0.1, -0.05) is 31.2 Å². The lowest BCUT2D eigenvalue weighted by atomic mass is 9.86. The third-order valence-electron chi connectivity index (χ3n) is 7.84. The molecule has 3 atom stereocenters. The van der Waals surface area contributed by atoms with Crippen molar-refractivity contribution in [3.63, 3.8) is 0 Å². The van der Waals surface area contributed by atoms with Gasteiger partial charge in [0, 0.05) is 49.9 Å². The van der Waals surface area contributed by atoms with Gasteiger partial charge in [-0.25, -0.2) is 5.01 Å². The number of rotatable bonds is 5. The zero-order valence-electron chi connectivity index (χ0n) is 20.4. The molecule has 2 heterocycles. The molecule has 0 radical (unpaired) electrons. The molecule has 0 saturated carbocycles. The molecule has 34 heavy (non-hydrogen) atoms. The predicted octanol–water partition coefficient (Wildman–Crippen LogP) is 3.29. The van der Waals surface area contributed by atoms with Gasteiger partial charge in [-0.15, -0.1) is 0 Å². The Bertz CT molecular complexity index is 1070. The van der Waals surface area contributed by atoms with E-state index in [1.807, 2.05) is 37.0 Å². The van der Waals surface area contributed by atoms with Crippen molar-refractivity contribution in [1.82, 2.24) is 14.8 Å². The Morgan fingerprint density at radius 3 is 2.59 bits per heavy atom. The molecule has 0 N–H and O–H groups in total. The molecule has 7 heteroatoms. The number of carbonyl (C=O) groups is 2. The van der Waals surface area contributed by atoms with E-state index in [-0.39, 0.29) is 23.7 Å².